The molecular weight excluding hydrogens is 468 g/mol. The van der Waals surface area contributed by atoms with Gasteiger partial charge in [-0.05, 0) is 107 Å². The SMILES string of the molecule is C=C(C)c1ccc(CC(C(=C)C)C(=C)/C(C)=C/C2=CC(c3cc(C(C)(C)C)cc(C4(C)CC4C)c3)=CC2)cc1. The van der Waals surface area contributed by atoms with Gasteiger partial charge in [-0.3, -0.25) is 0 Å². The third kappa shape index (κ3) is 6.38. The zero-order valence-corrected chi connectivity index (χ0v) is 25.7. The fourth-order valence-corrected chi connectivity index (χ4v) is 5.79. The maximum Gasteiger partial charge on any atom is 0.00798 e. The molecule has 0 aliphatic heterocycles. The molecule has 0 amide bonds. The van der Waals surface area contributed by atoms with Crippen molar-refractivity contribution in [2.24, 2.45) is 11.8 Å². The first kappa shape index (κ1) is 28.9. The van der Waals surface area contributed by atoms with Gasteiger partial charge < -0.3 is 0 Å². The van der Waals surface area contributed by atoms with E-state index in [1.807, 2.05) is 6.92 Å². The summed E-state index contributed by atoms with van der Waals surface area (Å²) < 4.78 is 0. The lowest BCUT2D eigenvalue weighted by Gasteiger charge is -2.23. The normalized spacial score (nSPS) is 21.7. The minimum absolute atomic E-state index is 0.127. The van der Waals surface area contributed by atoms with Gasteiger partial charge in [0.05, 0.1) is 0 Å². The van der Waals surface area contributed by atoms with E-state index < -0.39 is 0 Å². The summed E-state index contributed by atoms with van der Waals surface area (Å²) in [4.78, 5) is 0. The lowest BCUT2D eigenvalue weighted by molar-refractivity contribution is 0.586. The van der Waals surface area contributed by atoms with Crippen molar-refractivity contribution in [3.8, 4) is 0 Å². The third-order valence-electron chi connectivity index (χ3n) is 9.16. The molecule has 0 bridgehead atoms. The Bertz CT molecular complexity index is 1390. The minimum atomic E-state index is 0.127. The zero-order valence-electron chi connectivity index (χ0n) is 25.7. The Morgan fingerprint density at radius 1 is 1.03 bits per heavy atom. The lowest BCUT2D eigenvalue weighted by atomic mass is 9.81. The average molecular weight is 517 g/mol. The van der Waals surface area contributed by atoms with Crippen LogP contribution in [-0.2, 0) is 17.3 Å². The van der Waals surface area contributed by atoms with Crippen molar-refractivity contribution in [1.29, 1.82) is 0 Å². The van der Waals surface area contributed by atoms with Crippen molar-refractivity contribution in [1.82, 2.24) is 0 Å². The molecule has 0 aromatic heterocycles. The van der Waals surface area contributed by atoms with Crippen LogP contribution in [0.3, 0.4) is 0 Å². The van der Waals surface area contributed by atoms with Gasteiger partial charge >= 0.3 is 0 Å². The van der Waals surface area contributed by atoms with Crippen LogP contribution >= 0.6 is 0 Å². The standard InChI is InChI=1S/C39H48/c1-25(2)32-15-12-30(13-16-32)20-37(26(3)4)29(7)27(5)18-31-14-17-33(19-31)34-21-35(38(8,9)10)23-36(22-34)39(11)24-28(39)6/h12-13,15-19,21-23,28,37H,1,3,7,14,20,24H2,2,4-6,8-11H3/b27-18+. The zero-order chi connectivity index (χ0) is 28.7. The molecule has 204 valence electrons. The van der Waals surface area contributed by atoms with E-state index in [-0.39, 0.29) is 11.3 Å². The second-order valence-corrected chi connectivity index (χ2v) is 13.6. The number of benzene rings is 2. The van der Waals surface area contributed by atoms with Gasteiger partial charge in [-0.1, -0.05) is 126 Å². The van der Waals surface area contributed by atoms with E-state index in [4.69, 9.17) is 0 Å². The Balaban J connectivity index is 1.55. The molecule has 0 N–H and O–H groups in total. The van der Waals surface area contributed by atoms with Crippen molar-refractivity contribution in [3.63, 3.8) is 0 Å². The first-order valence-electron chi connectivity index (χ1n) is 14.5. The van der Waals surface area contributed by atoms with E-state index in [0.29, 0.717) is 5.41 Å². The van der Waals surface area contributed by atoms with Crippen molar-refractivity contribution in [2.45, 2.75) is 85.5 Å². The van der Waals surface area contributed by atoms with Crippen LogP contribution in [0.5, 0.6) is 0 Å². The molecule has 2 aromatic carbocycles. The first-order chi connectivity index (χ1) is 18.2. The molecule has 3 unspecified atom stereocenters. The molecule has 2 aliphatic rings. The molecule has 0 nitrogen and oxygen atoms in total. The molecule has 0 spiro atoms. The molecule has 2 aliphatic carbocycles. The van der Waals surface area contributed by atoms with Gasteiger partial charge in [0, 0.05) is 5.92 Å². The maximum absolute atomic E-state index is 4.54. The summed E-state index contributed by atoms with van der Waals surface area (Å²) in [5.74, 6) is 0.977. The highest BCUT2D eigenvalue weighted by atomic mass is 14.5. The van der Waals surface area contributed by atoms with Crippen molar-refractivity contribution in [2.75, 3.05) is 0 Å². The number of hydrogen-bond acceptors (Lipinski definition) is 0. The van der Waals surface area contributed by atoms with Crippen molar-refractivity contribution >= 4 is 11.1 Å². The average Bonchev–Trinajstić information content (AvgIpc) is 3.25. The van der Waals surface area contributed by atoms with Gasteiger partial charge in [-0.15, -0.1) is 0 Å². The Morgan fingerprint density at radius 3 is 2.21 bits per heavy atom. The predicted octanol–water partition coefficient (Wildman–Crippen LogP) is 11.0. The number of rotatable bonds is 9. The molecule has 0 heterocycles. The maximum atomic E-state index is 4.54. The number of allylic oxidation sites excluding steroid dienone is 9. The van der Waals surface area contributed by atoms with Gasteiger partial charge in [0.15, 0.2) is 0 Å². The second kappa shape index (κ2) is 10.8. The van der Waals surface area contributed by atoms with Crippen LogP contribution in [-0.4, -0.2) is 0 Å². The van der Waals surface area contributed by atoms with Crippen LogP contribution in [0.1, 0.15) is 96.0 Å². The molecule has 1 saturated carbocycles. The van der Waals surface area contributed by atoms with Crippen LogP contribution in [0.25, 0.3) is 11.1 Å². The van der Waals surface area contributed by atoms with E-state index in [1.54, 1.807) is 0 Å². The Hall–Kier alpha value is -3.12. The van der Waals surface area contributed by atoms with E-state index in [9.17, 15) is 0 Å². The van der Waals surface area contributed by atoms with Gasteiger partial charge in [0.1, 0.15) is 0 Å². The molecule has 0 saturated heterocycles. The second-order valence-electron chi connectivity index (χ2n) is 13.6. The van der Waals surface area contributed by atoms with Crippen LogP contribution in [0.15, 0.2) is 103 Å². The summed E-state index contributed by atoms with van der Waals surface area (Å²) in [5, 5.41) is 0. The van der Waals surface area contributed by atoms with Crippen LogP contribution in [0.2, 0.25) is 0 Å². The molecule has 1 fully saturated rings. The molecular formula is C39H48. The van der Waals surface area contributed by atoms with Gasteiger partial charge in [-0.2, -0.15) is 0 Å². The van der Waals surface area contributed by atoms with Crippen LogP contribution < -0.4 is 0 Å². The number of hydrogen-bond donors (Lipinski definition) is 0. The van der Waals surface area contributed by atoms with E-state index in [1.165, 1.54) is 51.0 Å². The largest absolute Gasteiger partial charge is 0.0995 e. The summed E-state index contributed by atoms with van der Waals surface area (Å²) in [7, 11) is 0. The molecule has 3 atom stereocenters. The molecule has 4 rings (SSSR count). The summed E-state index contributed by atoms with van der Waals surface area (Å²) in [6.07, 6.45) is 10.3. The summed E-state index contributed by atoms with van der Waals surface area (Å²) in [6.45, 7) is 31.1. The monoisotopic (exact) mass is 516 g/mol. The third-order valence-corrected chi connectivity index (χ3v) is 9.16. The first-order valence-corrected chi connectivity index (χ1v) is 14.5. The molecule has 0 radical (unpaired) electrons. The topological polar surface area (TPSA) is 0 Å². The molecule has 2 aromatic rings. The highest BCUT2D eigenvalue weighted by molar-refractivity contribution is 5.79. The van der Waals surface area contributed by atoms with Crippen molar-refractivity contribution < 1.29 is 0 Å². The minimum Gasteiger partial charge on any atom is -0.0995 e. The summed E-state index contributed by atoms with van der Waals surface area (Å²) >= 11 is 0. The van der Waals surface area contributed by atoms with E-state index in [0.717, 1.165) is 35.5 Å². The van der Waals surface area contributed by atoms with Gasteiger partial charge in [0.2, 0.25) is 0 Å². The predicted molar refractivity (Wildman–Crippen MR) is 173 cm³/mol. The Labute approximate surface area is 238 Å². The highest BCUT2D eigenvalue weighted by Crippen LogP contribution is 2.54. The lowest BCUT2D eigenvalue weighted by Crippen LogP contribution is -2.14. The van der Waals surface area contributed by atoms with E-state index >= 15 is 0 Å². The summed E-state index contributed by atoms with van der Waals surface area (Å²) in [6, 6.07) is 16.1. The van der Waals surface area contributed by atoms with Gasteiger partial charge in [0.25, 0.3) is 0 Å². The van der Waals surface area contributed by atoms with Gasteiger partial charge in [-0.25, -0.2) is 0 Å². The van der Waals surface area contributed by atoms with Crippen LogP contribution in [0, 0.1) is 11.8 Å². The summed E-state index contributed by atoms with van der Waals surface area (Å²) in [5.41, 5.74) is 14.6. The Kier molecular flexibility index (Phi) is 8.00. The van der Waals surface area contributed by atoms with Crippen LogP contribution in [0.4, 0.5) is 0 Å². The smallest absolute Gasteiger partial charge is 0.00798 e. The molecule has 0 heteroatoms. The quantitative estimate of drug-likeness (QED) is 0.230. The van der Waals surface area contributed by atoms with E-state index in [2.05, 4.69) is 129 Å². The Morgan fingerprint density at radius 2 is 1.67 bits per heavy atom. The van der Waals surface area contributed by atoms with Crippen molar-refractivity contribution in [3.05, 3.63) is 131 Å². The fourth-order valence-electron chi connectivity index (χ4n) is 5.79. The molecule has 39 heavy (non-hydrogen) atoms. The fraction of sp³-hybridized carbons (Fsp3) is 0.385. The highest BCUT2D eigenvalue weighted by Gasteiger charge is 2.48.